The molecule has 0 saturated heterocycles. The molecule has 0 spiro atoms. The third-order valence-corrected chi connectivity index (χ3v) is 4.15. The highest BCUT2D eigenvalue weighted by Crippen LogP contribution is 2.19. The third-order valence-electron chi connectivity index (χ3n) is 4.15. The van der Waals surface area contributed by atoms with Crippen LogP contribution in [0, 0.1) is 17.5 Å². The van der Waals surface area contributed by atoms with Gasteiger partial charge in [0.25, 0.3) is 0 Å². The number of hydrogen-bond acceptors (Lipinski definition) is 5. The summed E-state index contributed by atoms with van der Waals surface area (Å²) in [6, 6.07) is 11.2. The van der Waals surface area contributed by atoms with Gasteiger partial charge in [-0.2, -0.15) is 4.98 Å². The van der Waals surface area contributed by atoms with Gasteiger partial charge in [-0.05, 0) is 32.1 Å². The van der Waals surface area contributed by atoms with Gasteiger partial charge in [-0.1, -0.05) is 35.5 Å². The molecule has 1 N–H and O–H groups in total. The molecule has 9 heteroatoms. The van der Waals surface area contributed by atoms with E-state index in [1.54, 1.807) is 11.9 Å². The highest BCUT2D eigenvalue weighted by atomic mass is 19.2. The van der Waals surface area contributed by atoms with Crippen molar-refractivity contribution in [3.8, 4) is 11.4 Å². The summed E-state index contributed by atoms with van der Waals surface area (Å²) in [7, 11) is 1.71. The minimum absolute atomic E-state index is 0.0441. The van der Waals surface area contributed by atoms with Gasteiger partial charge in [0.05, 0.1) is 12.2 Å². The van der Waals surface area contributed by atoms with E-state index in [4.69, 9.17) is 4.52 Å². The van der Waals surface area contributed by atoms with E-state index in [0.29, 0.717) is 31.1 Å². The monoisotopic (exact) mass is 404 g/mol. The molecule has 152 valence electrons. The summed E-state index contributed by atoms with van der Waals surface area (Å²) in [5.41, 5.74) is 0.461. The lowest BCUT2D eigenvalue weighted by Crippen LogP contribution is -2.31. The fourth-order valence-electron chi connectivity index (χ4n) is 2.70. The summed E-state index contributed by atoms with van der Waals surface area (Å²) in [6.45, 7) is 0.494. The van der Waals surface area contributed by atoms with E-state index in [2.05, 4.69) is 15.5 Å². The van der Waals surface area contributed by atoms with E-state index >= 15 is 0 Å². The molecule has 29 heavy (non-hydrogen) atoms. The summed E-state index contributed by atoms with van der Waals surface area (Å²) in [5.74, 6) is -3.89. The maximum Gasteiger partial charge on any atom is 0.238 e. The maximum absolute atomic E-state index is 13.6. The highest BCUT2D eigenvalue weighted by molar-refractivity contribution is 5.92. The highest BCUT2D eigenvalue weighted by Gasteiger charge is 2.16. The molecule has 3 rings (SSSR count). The molecule has 0 bridgehead atoms. The van der Waals surface area contributed by atoms with Crippen LogP contribution in [0.4, 0.5) is 18.9 Å². The van der Waals surface area contributed by atoms with Crippen molar-refractivity contribution in [1.29, 1.82) is 0 Å². The predicted octanol–water partition coefficient (Wildman–Crippen LogP) is 3.66. The van der Waals surface area contributed by atoms with E-state index in [1.807, 2.05) is 30.3 Å². The van der Waals surface area contributed by atoms with Crippen LogP contribution in [0.3, 0.4) is 0 Å². The number of anilines is 1. The Kier molecular flexibility index (Phi) is 6.61. The molecule has 2 aromatic carbocycles. The van der Waals surface area contributed by atoms with Crippen LogP contribution in [0.2, 0.25) is 0 Å². The Bertz CT molecular complexity index is 979. The van der Waals surface area contributed by atoms with E-state index in [1.165, 1.54) is 0 Å². The van der Waals surface area contributed by atoms with Crippen LogP contribution in [0.15, 0.2) is 47.0 Å². The fraction of sp³-hybridized carbons (Fsp3) is 0.250. The molecular weight excluding hydrogens is 385 g/mol. The van der Waals surface area contributed by atoms with Crippen molar-refractivity contribution in [2.75, 3.05) is 25.5 Å². The quantitative estimate of drug-likeness (QED) is 0.581. The summed E-state index contributed by atoms with van der Waals surface area (Å²) in [5, 5.41) is 6.18. The largest absolute Gasteiger partial charge is 0.339 e. The van der Waals surface area contributed by atoms with Crippen LogP contribution in [0.1, 0.15) is 12.3 Å². The van der Waals surface area contributed by atoms with Crippen LogP contribution >= 0.6 is 0 Å². The Balaban J connectivity index is 1.44. The van der Waals surface area contributed by atoms with E-state index in [0.717, 1.165) is 17.7 Å². The minimum atomic E-state index is -1.62. The molecule has 0 saturated carbocycles. The van der Waals surface area contributed by atoms with Crippen molar-refractivity contribution in [2.45, 2.75) is 12.8 Å². The van der Waals surface area contributed by atoms with Crippen molar-refractivity contribution >= 4 is 11.6 Å². The van der Waals surface area contributed by atoms with E-state index in [-0.39, 0.29) is 6.54 Å². The second-order valence-corrected chi connectivity index (χ2v) is 6.49. The Morgan fingerprint density at radius 1 is 1.10 bits per heavy atom. The molecule has 0 fully saturated rings. The Morgan fingerprint density at radius 3 is 2.62 bits per heavy atom. The van der Waals surface area contributed by atoms with Gasteiger partial charge >= 0.3 is 0 Å². The van der Waals surface area contributed by atoms with Gasteiger partial charge < -0.3 is 9.84 Å². The first-order valence-corrected chi connectivity index (χ1v) is 8.94. The molecule has 1 heterocycles. The van der Waals surface area contributed by atoms with Crippen molar-refractivity contribution in [3.63, 3.8) is 0 Å². The normalized spacial score (nSPS) is 11.1. The zero-order chi connectivity index (χ0) is 20.8. The number of rotatable bonds is 8. The molecule has 0 aliphatic carbocycles. The van der Waals surface area contributed by atoms with Crippen LogP contribution in [-0.4, -0.2) is 41.1 Å². The second-order valence-electron chi connectivity index (χ2n) is 6.49. The zero-order valence-corrected chi connectivity index (χ0v) is 15.7. The maximum atomic E-state index is 13.6. The van der Waals surface area contributed by atoms with Crippen molar-refractivity contribution in [2.24, 2.45) is 0 Å². The molecule has 6 nitrogen and oxygen atoms in total. The van der Waals surface area contributed by atoms with Gasteiger partial charge in [0.2, 0.25) is 17.6 Å². The van der Waals surface area contributed by atoms with Crippen LogP contribution in [-0.2, 0) is 11.2 Å². The van der Waals surface area contributed by atoms with Crippen LogP contribution in [0.25, 0.3) is 11.4 Å². The predicted molar refractivity (Wildman–Crippen MR) is 100 cm³/mol. The third kappa shape index (κ3) is 5.41. The molecule has 1 amide bonds. The number of amides is 1. The Labute approximate surface area is 165 Å². The zero-order valence-electron chi connectivity index (χ0n) is 15.7. The van der Waals surface area contributed by atoms with Gasteiger partial charge in [-0.15, -0.1) is 0 Å². The number of nitrogens with zero attached hydrogens (tertiary/aromatic N) is 3. The van der Waals surface area contributed by atoms with Gasteiger partial charge in [0.15, 0.2) is 17.5 Å². The van der Waals surface area contributed by atoms with E-state index in [9.17, 15) is 18.0 Å². The van der Waals surface area contributed by atoms with Crippen molar-refractivity contribution in [3.05, 3.63) is 65.8 Å². The first-order chi connectivity index (χ1) is 13.9. The topological polar surface area (TPSA) is 71.3 Å². The smallest absolute Gasteiger partial charge is 0.238 e. The number of carbonyl (C=O) groups excluding carboxylic acids is 1. The summed E-state index contributed by atoms with van der Waals surface area (Å²) in [4.78, 5) is 18.0. The SMILES string of the molecule is CN(CCCc1nc(-c2ccccc2)no1)CC(=O)Nc1ccc(F)c(F)c1F. The summed E-state index contributed by atoms with van der Waals surface area (Å²) >= 11 is 0. The lowest BCUT2D eigenvalue weighted by Gasteiger charge is -2.16. The Morgan fingerprint density at radius 2 is 1.86 bits per heavy atom. The van der Waals surface area contributed by atoms with Crippen molar-refractivity contribution in [1.82, 2.24) is 15.0 Å². The molecule has 0 atom stereocenters. The number of hydrogen-bond donors (Lipinski definition) is 1. The summed E-state index contributed by atoms with van der Waals surface area (Å²) < 4.78 is 45.0. The molecular formula is C20H19F3N4O2. The average Bonchev–Trinajstić information content (AvgIpc) is 3.18. The second kappa shape index (κ2) is 9.33. The minimum Gasteiger partial charge on any atom is -0.339 e. The number of halogens is 3. The Hall–Kier alpha value is -3.20. The van der Waals surface area contributed by atoms with Crippen LogP contribution in [0.5, 0.6) is 0 Å². The standard InChI is InChI=1S/C20H19F3N4O2/c1-27(12-16(28)24-15-10-9-14(21)18(22)19(15)23)11-5-8-17-25-20(26-29-17)13-6-3-2-4-7-13/h2-4,6-7,9-10H,5,8,11-12H2,1H3,(H,24,28). The van der Waals surface area contributed by atoms with Gasteiger partial charge in [0, 0.05) is 12.0 Å². The number of aryl methyl sites for hydroxylation is 1. The summed E-state index contributed by atoms with van der Waals surface area (Å²) in [6.07, 6.45) is 1.18. The number of aromatic nitrogens is 2. The molecule has 3 aromatic rings. The van der Waals surface area contributed by atoms with Crippen molar-refractivity contribution < 1.29 is 22.5 Å². The fourth-order valence-corrected chi connectivity index (χ4v) is 2.70. The van der Waals surface area contributed by atoms with Gasteiger partial charge in [-0.25, -0.2) is 13.2 Å². The molecule has 0 radical (unpaired) electrons. The molecule has 0 aliphatic heterocycles. The number of carbonyl (C=O) groups is 1. The first kappa shape index (κ1) is 20.5. The van der Waals surface area contributed by atoms with Gasteiger partial charge in [-0.3, -0.25) is 9.69 Å². The van der Waals surface area contributed by atoms with Gasteiger partial charge in [0.1, 0.15) is 0 Å². The lowest BCUT2D eigenvalue weighted by atomic mass is 10.2. The lowest BCUT2D eigenvalue weighted by molar-refractivity contribution is -0.117. The number of nitrogens with one attached hydrogen (secondary N) is 1. The number of benzene rings is 2. The molecule has 1 aromatic heterocycles. The molecule has 0 aliphatic rings. The first-order valence-electron chi connectivity index (χ1n) is 8.94. The average molecular weight is 404 g/mol. The van der Waals surface area contributed by atoms with Crippen LogP contribution < -0.4 is 5.32 Å². The molecule has 0 unspecified atom stereocenters. The van der Waals surface area contributed by atoms with E-state index < -0.39 is 29.0 Å². The number of likely N-dealkylation sites (N-methyl/N-ethyl adjacent to an activating group) is 1.